The third-order valence-electron chi connectivity index (χ3n) is 4.14. The van der Waals surface area contributed by atoms with Crippen molar-refractivity contribution < 1.29 is 14.1 Å². The molecular formula is C17H11FN2O3S. The van der Waals surface area contributed by atoms with Crippen LogP contribution in [-0.4, -0.2) is 17.4 Å². The Morgan fingerprint density at radius 2 is 2.08 bits per heavy atom. The van der Waals surface area contributed by atoms with Crippen molar-refractivity contribution in [3.63, 3.8) is 0 Å². The summed E-state index contributed by atoms with van der Waals surface area (Å²) in [5.41, 5.74) is 1.42. The van der Waals surface area contributed by atoms with E-state index in [-0.39, 0.29) is 17.4 Å². The Bertz CT molecular complexity index is 999. The first-order valence-corrected chi connectivity index (χ1v) is 8.13. The molecule has 4 rings (SSSR count). The van der Waals surface area contributed by atoms with E-state index in [1.807, 2.05) is 0 Å². The zero-order chi connectivity index (χ0) is 16.8. The van der Waals surface area contributed by atoms with Crippen LogP contribution in [0.4, 0.5) is 15.8 Å². The number of hydrogen-bond donors (Lipinski definition) is 0. The summed E-state index contributed by atoms with van der Waals surface area (Å²) in [6.07, 6.45) is 0.651. The van der Waals surface area contributed by atoms with E-state index in [4.69, 9.17) is 0 Å². The summed E-state index contributed by atoms with van der Waals surface area (Å²) < 4.78 is 14.5. The monoisotopic (exact) mass is 342 g/mol. The van der Waals surface area contributed by atoms with Gasteiger partial charge in [0.2, 0.25) is 0 Å². The molecule has 0 saturated carbocycles. The van der Waals surface area contributed by atoms with Gasteiger partial charge in [0.1, 0.15) is 5.82 Å². The smallest absolute Gasteiger partial charge is 0.271 e. The van der Waals surface area contributed by atoms with E-state index in [0.717, 1.165) is 5.56 Å². The van der Waals surface area contributed by atoms with Gasteiger partial charge in [0.15, 0.2) is 0 Å². The number of halogens is 1. The highest BCUT2D eigenvalue weighted by molar-refractivity contribution is 7.20. The minimum Gasteiger partial charge on any atom is -0.307 e. The largest absolute Gasteiger partial charge is 0.307 e. The van der Waals surface area contributed by atoms with Crippen molar-refractivity contribution in [1.29, 1.82) is 0 Å². The van der Waals surface area contributed by atoms with Crippen molar-refractivity contribution in [2.75, 3.05) is 11.4 Å². The van der Waals surface area contributed by atoms with E-state index < -0.39 is 4.92 Å². The number of thiophene rings is 1. The molecule has 24 heavy (non-hydrogen) atoms. The molecule has 120 valence electrons. The first kappa shape index (κ1) is 14.8. The number of nitro groups is 1. The molecule has 1 aliphatic rings. The van der Waals surface area contributed by atoms with Crippen molar-refractivity contribution in [2.24, 2.45) is 0 Å². The molecular weight excluding hydrogens is 331 g/mol. The molecule has 5 nitrogen and oxygen atoms in total. The Hall–Kier alpha value is -2.80. The first-order chi connectivity index (χ1) is 11.5. The summed E-state index contributed by atoms with van der Waals surface area (Å²) >= 11 is 1.23. The van der Waals surface area contributed by atoms with Crippen LogP contribution >= 0.6 is 11.3 Å². The van der Waals surface area contributed by atoms with Gasteiger partial charge in [-0.25, -0.2) is 4.39 Å². The zero-order valence-corrected chi connectivity index (χ0v) is 13.2. The van der Waals surface area contributed by atoms with Crippen LogP contribution in [-0.2, 0) is 6.42 Å². The summed E-state index contributed by atoms with van der Waals surface area (Å²) in [6.45, 7) is 0.464. The molecule has 1 aromatic heterocycles. The van der Waals surface area contributed by atoms with Gasteiger partial charge < -0.3 is 4.90 Å². The molecule has 0 radical (unpaired) electrons. The lowest BCUT2D eigenvalue weighted by Gasteiger charge is -2.16. The van der Waals surface area contributed by atoms with Gasteiger partial charge in [-0.05, 0) is 30.2 Å². The van der Waals surface area contributed by atoms with Crippen molar-refractivity contribution >= 4 is 38.7 Å². The van der Waals surface area contributed by atoms with Gasteiger partial charge in [-0.1, -0.05) is 12.1 Å². The molecule has 0 aliphatic carbocycles. The molecule has 0 N–H and O–H groups in total. The highest BCUT2D eigenvalue weighted by Gasteiger charge is 2.28. The summed E-state index contributed by atoms with van der Waals surface area (Å²) in [5.74, 6) is -0.616. The van der Waals surface area contributed by atoms with Crippen LogP contribution in [0.5, 0.6) is 0 Å². The number of nitrogens with zero attached hydrogens (tertiary/aromatic N) is 2. The summed E-state index contributed by atoms with van der Waals surface area (Å²) in [7, 11) is 0. The number of rotatable bonds is 2. The lowest BCUT2D eigenvalue weighted by atomic mass is 10.1. The number of fused-ring (bicyclic) bond motifs is 2. The maximum absolute atomic E-state index is 13.8. The van der Waals surface area contributed by atoms with E-state index in [1.165, 1.54) is 34.4 Å². The van der Waals surface area contributed by atoms with Crippen LogP contribution < -0.4 is 4.90 Å². The zero-order valence-electron chi connectivity index (χ0n) is 12.4. The van der Waals surface area contributed by atoms with Gasteiger partial charge in [0.05, 0.1) is 15.5 Å². The standard InChI is InChI=1S/C17H11FN2O3S/c18-13-2-1-3-15-12(13)9-16(24-15)17(21)19-7-6-10-4-5-11(20(22)23)8-14(10)19/h1-5,8-9H,6-7H2. The molecule has 2 aromatic carbocycles. The average molecular weight is 342 g/mol. The number of carbonyl (C=O) groups excluding carboxylic acids is 1. The topological polar surface area (TPSA) is 63.5 Å². The molecule has 1 amide bonds. The molecule has 7 heteroatoms. The van der Waals surface area contributed by atoms with Crippen LogP contribution in [0.3, 0.4) is 0 Å². The lowest BCUT2D eigenvalue weighted by Crippen LogP contribution is -2.28. The Kier molecular flexibility index (Phi) is 3.31. The third-order valence-corrected chi connectivity index (χ3v) is 5.23. The summed E-state index contributed by atoms with van der Waals surface area (Å²) in [6, 6.07) is 10.8. The predicted octanol–water partition coefficient (Wildman–Crippen LogP) is 4.15. The van der Waals surface area contributed by atoms with E-state index >= 15 is 0 Å². The Balaban J connectivity index is 1.75. The van der Waals surface area contributed by atoms with E-state index in [1.54, 1.807) is 24.3 Å². The van der Waals surface area contributed by atoms with Crippen molar-refractivity contribution in [3.05, 3.63) is 68.8 Å². The van der Waals surface area contributed by atoms with E-state index in [2.05, 4.69) is 0 Å². The van der Waals surface area contributed by atoms with Crippen LogP contribution in [0.2, 0.25) is 0 Å². The summed E-state index contributed by atoms with van der Waals surface area (Å²) in [4.78, 5) is 25.3. The second-order valence-corrected chi connectivity index (χ2v) is 6.62. The van der Waals surface area contributed by atoms with Gasteiger partial charge in [-0.3, -0.25) is 14.9 Å². The predicted molar refractivity (Wildman–Crippen MR) is 90.3 cm³/mol. The number of carbonyl (C=O) groups is 1. The molecule has 1 aliphatic heterocycles. The fourth-order valence-electron chi connectivity index (χ4n) is 2.96. The average Bonchev–Trinajstić information content (AvgIpc) is 3.18. The fraction of sp³-hybridized carbons (Fsp3) is 0.118. The number of nitro benzene ring substituents is 1. The normalized spacial score (nSPS) is 13.3. The number of non-ortho nitro benzene ring substituents is 1. The molecule has 0 unspecified atom stereocenters. The Morgan fingerprint density at radius 1 is 1.25 bits per heavy atom. The number of anilines is 1. The number of amides is 1. The van der Waals surface area contributed by atoms with Crippen molar-refractivity contribution in [3.8, 4) is 0 Å². The second-order valence-electron chi connectivity index (χ2n) is 5.54. The minimum absolute atomic E-state index is 0.0455. The van der Waals surface area contributed by atoms with Crippen LogP contribution in [0.1, 0.15) is 15.2 Å². The van der Waals surface area contributed by atoms with Crippen LogP contribution in [0.25, 0.3) is 10.1 Å². The number of hydrogen-bond acceptors (Lipinski definition) is 4. The van der Waals surface area contributed by atoms with Gasteiger partial charge >= 0.3 is 0 Å². The number of benzene rings is 2. The third kappa shape index (κ3) is 2.25. The van der Waals surface area contributed by atoms with E-state index in [0.29, 0.717) is 33.6 Å². The SMILES string of the molecule is O=C(c1cc2c(F)cccc2s1)N1CCc2ccc([N+](=O)[O-])cc21. The highest BCUT2D eigenvalue weighted by Crippen LogP contribution is 2.35. The van der Waals surface area contributed by atoms with Crippen molar-refractivity contribution in [2.45, 2.75) is 6.42 Å². The van der Waals surface area contributed by atoms with E-state index in [9.17, 15) is 19.3 Å². The molecule has 2 heterocycles. The van der Waals surface area contributed by atoms with Gasteiger partial charge in [-0.15, -0.1) is 11.3 Å². The van der Waals surface area contributed by atoms with Crippen LogP contribution in [0, 0.1) is 15.9 Å². The van der Waals surface area contributed by atoms with Gasteiger partial charge in [0, 0.05) is 28.8 Å². The van der Waals surface area contributed by atoms with Crippen molar-refractivity contribution in [1.82, 2.24) is 0 Å². The Morgan fingerprint density at radius 3 is 2.83 bits per heavy atom. The molecule has 0 fully saturated rings. The Labute approximate surface area is 140 Å². The van der Waals surface area contributed by atoms with Gasteiger partial charge in [0.25, 0.3) is 11.6 Å². The molecule has 0 saturated heterocycles. The lowest BCUT2D eigenvalue weighted by molar-refractivity contribution is -0.384. The molecule has 3 aromatic rings. The minimum atomic E-state index is -0.476. The van der Waals surface area contributed by atoms with Crippen LogP contribution in [0.15, 0.2) is 42.5 Å². The quantitative estimate of drug-likeness (QED) is 0.519. The fourth-order valence-corrected chi connectivity index (χ4v) is 3.98. The molecule has 0 atom stereocenters. The maximum Gasteiger partial charge on any atom is 0.271 e. The second kappa shape index (κ2) is 5.38. The maximum atomic E-state index is 13.8. The molecule has 0 bridgehead atoms. The van der Waals surface area contributed by atoms with Gasteiger partial charge in [-0.2, -0.15) is 0 Å². The first-order valence-electron chi connectivity index (χ1n) is 7.32. The summed E-state index contributed by atoms with van der Waals surface area (Å²) in [5, 5.41) is 11.4. The highest BCUT2D eigenvalue weighted by atomic mass is 32.1. The molecule has 0 spiro atoms.